The number of aromatic nitrogens is 1. The monoisotopic (exact) mass is 369 g/mol. The number of pyridine rings is 1. The summed E-state index contributed by atoms with van der Waals surface area (Å²) in [6.07, 6.45) is 4.33. The number of anilines is 2. The number of hydrogen-bond acceptors (Lipinski definition) is 6. The van der Waals surface area contributed by atoms with Gasteiger partial charge in [0.05, 0.1) is 17.6 Å². The molecule has 0 fully saturated rings. The SMILES string of the molecule is CCCSNc1ccc(F)c(N(N)/C=C(\N)c2cncc(F)c2)c1F. The van der Waals surface area contributed by atoms with Crippen molar-refractivity contribution in [2.24, 2.45) is 11.6 Å². The van der Waals surface area contributed by atoms with Gasteiger partial charge in [0.15, 0.2) is 11.6 Å². The molecule has 0 radical (unpaired) electrons. The maximum atomic E-state index is 14.5. The molecule has 25 heavy (non-hydrogen) atoms. The van der Waals surface area contributed by atoms with Gasteiger partial charge in [-0.05, 0) is 24.6 Å². The standard InChI is InChI=1S/C16H18F3N5S/c1-2-5-25-23-14-4-3-12(18)16(15(14)19)24(21)9-13(20)10-6-11(17)8-22-7-10/h3-4,6-9,23H,2,5,20-21H2,1H3/b13-9-. The van der Waals surface area contributed by atoms with Crippen LogP contribution in [0.15, 0.2) is 36.8 Å². The Bertz CT molecular complexity index is 769. The molecule has 0 spiro atoms. The van der Waals surface area contributed by atoms with Crippen molar-refractivity contribution in [3.8, 4) is 0 Å². The van der Waals surface area contributed by atoms with E-state index < -0.39 is 23.1 Å². The zero-order valence-electron chi connectivity index (χ0n) is 13.5. The minimum absolute atomic E-state index is 0.00650. The molecule has 0 unspecified atom stereocenters. The van der Waals surface area contributed by atoms with Crippen LogP contribution in [0.1, 0.15) is 18.9 Å². The van der Waals surface area contributed by atoms with Gasteiger partial charge in [-0.15, -0.1) is 0 Å². The number of nitrogens with one attached hydrogen (secondary N) is 1. The lowest BCUT2D eigenvalue weighted by Gasteiger charge is -2.18. The predicted molar refractivity (Wildman–Crippen MR) is 95.8 cm³/mol. The van der Waals surface area contributed by atoms with Gasteiger partial charge in [0, 0.05) is 23.7 Å². The first kappa shape index (κ1) is 18.9. The molecule has 0 bridgehead atoms. The summed E-state index contributed by atoms with van der Waals surface area (Å²) in [5, 5.41) is 0.723. The Labute approximate surface area is 148 Å². The molecule has 1 aromatic heterocycles. The highest BCUT2D eigenvalue weighted by molar-refractivity contribution is 8.00. The van der Waals surface area contributed by atoms with Crippen LogP contribution in [0.2, 0.25) is 0 Å². The van der Waals surface area contributed by atoms with E-state index in [1.165, 1.54) is 24.2 Å². The third-order valence-electron chi connectivity index (χ3n) is 3.13. The molecule has 0 amide bonds. The molecule has 9 heteroatoms. The summed E-state index contributed by atoms with van der Waals surface area (Å²) in [5.41, 5.74) is 5.68. The molecule has 0 aliphatic heterocycles. The number of nitrogens with two attached hydrogens (primary N) is 2. The Morgan fingerprint density at radius 3 is 2.76 bits per heavy atom. The van der Waals surface area contributed by atoms with E-state index in [4.69, 9.17) is 11.6 Å². The molecule has 2 aromatic rings. The van der Waals surface area contributed by atoms with E-state index in [1.54, 1.807) is 0 Å². The van der Waals surface area contributed by atoms with Gasteiger partial charge in [-0.25, -0.2) is 19.0 Å². The smallest absolute Gasteiger partial charge is 0.175 e. The van der Waals surface area contributed by atoms with Crippen molar-refractivity contribution in [3.63, 3.8) is 0 Å². The average Bonchev–Trinajstić information content (AvgIpc) is 2.57. The van der Waals surface area contributed by atoms with Gasteiger partial charge in [0.2, 0.25) is 0 Å². The zero-order chi connectivity index (χ0) is 18.4. The van der Waals surface area contributed by atoms with Gasteiger partial charge in [-0.1, -0.05) is 18.9 Å². The third kappa shape index (κ3) is 4.80. The Kier molecular flexibility index (Phi) is 6.54. The van der Waals surface area contributed by atoms with Crippen molar-refractivity contribution in [1.82, 2.24) is 4.98 Å². The third-order valence-corrected chi connectivity index (χ3v) is 4.11. The zero-order valence-corrected chi connectivity index (χ0v) is 14.3. The molecule has 0 aliphatic rings. The van der Waals surface area contributed by atoms with Crippen LogP contribution >= 0.6 is 11.9 Å². The van der Waals surface area contributed by atoms with Crippen molar-refractivity contribution in [3.05, 3.63) is 59.8 Å². The number of hydrazine groups is 1. The van der Waals surface area contributed by atoms with Crippen molar-refractivity contribution in [1.29, 1.82) is 0 Å². The van der Waals surface area contributed by atoms with E-state index in [2.05, 4.69) is 9.71 Å². The van der Waals surface area contributed by atoms with Crippen molar-refractivity contribution < 1.29 is 13.2 Å². The number of benzene rings is 1. The minimum atomic E-state index is -0.854. The number of nitrogens with zero attached hydrogens (tertiary/aromatic N) is 2. The molecule has 5 N–H and O–H groups in total. The topological polar surface area (TPSA) is 80.2 Å². The first-order valence-electron chi connectivity index (χ1n) is 7.42. The molecule has 0 aliphatic carbocycles. The summed E-state index contributed by atoms with van der Waals surface area (Å²) in [6, 6.07) is 3.52. The van der Waals surface area contributed by atoms with E-state index in [9.17, 15) is 13.2 Å². The fourth-order valence-corrected chi connectivity index (χ4v) is 2.57. The molecule has 0 atom stereocenters. The molecule has 0 saturated carbocycles. The molecule has 1 aromatic carbocycles. The molecule has 2 rings (SSSR count). The van der Waals surface area contributed by atoms with Gasteiger partial charge < -0.3 is 10.5 Å². The molecule has 134 valence electrons. The van der Waals surface area contributed by atoms with Crippen LogP contribution in [0.4, 0.5) is 24.5 Å². The van der Waals surface area contributed by atoms with Crippen LogP contribution in [0.5, 0.6) is 0 Å². The fraction of sp³-hybridized carbons (Fsp3) is 0.188. The second-order valence-electron chi connectivity index (χ2n) is 5.09. The summed E-state index contributed by atoms with van der Waals surface area (Å²) in [5.74, 6) is 4.21. The Balaban J connectivity index is 2.30. The Morgan fingerprint density at radius 2 is 2.08 bits per heavy atom. The van der Waals surface area contributed by atoms with E-state index in [1.807, 2.05) is 6.92 Å². The van der Waals surface area contributed by atoms with Crippen molar-refractivity contribution >= 4 is 29.0 Å². The van der Waals surface area contributed by atoms with Crippen LogP contribution in [0.25, 0.3) is 5.70 Å². The lowest BCUT2D eigenvalue weighted by atomic mass is 10.2. The molecule has 1 heterocycles. The number of halogens is 3. The maximum absolute atomic E-state index is 14.5. The first-order chi connectivity index (χ1) is 11.9. The van der Waals surface area contributed by atoms with Gasteiger partial charge in [-0.2, -0.15) is 0 Å². The van der Waals surface area contributed by atoms with Gasteiger partial charge in [0.25, 0.3) is 0 Å². The van der Waals surface area contributed by atoms with E-state index in [-0.39, 0.29) is 16.9 Å². The lowest BCUT2D eigenvalue weighted by molar-refractivity contribution is 0.584. The lowest BCUT2D eigenvalue weighted by Crippen LogP contribution is -2.28. The van der Waals surface area contributed by atoms with E-state index >= 15 is 0 Å². The maximum Gasteiger partial charge on any atom is 0.175 e. The molecule has 0 saturated heterocycles. The summed E-state index contributed by atoms with van der Waals surface area (Å²) in [7, 11) is 0. The van der Waals surface area contributed by atoms with Crippen LogP contribution in [0.3, 0.4) is 0 Å². The average molecular weight is 369 g/mol. The molecule has 5 nitrogen and oxygen atoms in total. The van der Waals surface area contributed by atoms with Crippen molar-refractivity contribution in [2.45, 2.75) is 13.3 Å². The molecular weight excluding hydrogens is 351 g/mol. The summed E-state index contributed by atoms with van der Waals surface area (Å²) in [4.78, 5) is 3.66. The first-order valence-corrected chi connectivity index (χ1v) is 8.40. The normalized spacial score (nSPS) is 11.5. The second kappa shape index (κ2) is 8.63. The molecular formula is C16H18F3N5S. The van der Waals surface area contributed by atoms with Crippen LogP contribution in [-0.4, -0.2) is 10.7 Å². The minimum Gasteiger partial charge on any atom is -0.397 e. The summed E-state index contributed by atoms with van der Waals surface area (Å²) in [6.45, 7) is 1.98. The second-order valence-corrected chi connectivity index (χ2v) is 5.99. The summed E-state index contributed by atoms with van der Waals surface area (Å²) < 4.78 is 44.6. The highest BCUT2D eigenvalue weighted by Gasteiger charge is 2.17. The number of rotatable bonds is 7. The fourth-order valence-electron chi connectivity index (χ4n) is 1.95. The summed E-state index contributed by atoms with van der Waals surface area (Å²) >= 11 is 1.30. The van der Waals surface area contributed by atoms with Gasteiger partial charge in [0.1, 0.15) is 11.5 Å². The van der Waals surface area contributed by atoms with E-state index in [0.29, 0.717) is 0 Å². The highest BCUT2D eigenvalue weighted by Crippen LogP contribution is 2.30. The Morgan fingerprint density at radius 1 is 1.32 bits per heavy atom. The van der Waals surface area contributed by atoms with Crippen LogP contribution in [0, 0.1) is 17.5 Å². The van der Waals surface area contributed by atoms with Gasteiger partial charge >= 0.3 is 0 Å². The van der Waals surface area contributed by atoms with Crippen molar-refractivity contribution in [2.75, 3.05) is 15.5 Å². The predicted octanol–water partition coefficient (Wildman–Crippen LogP) is 3.61. The highest BCUT2D eigenvalue weighted by atomic mass is 32.2. The Hall–Kier alpha value is -2.39. The van der Waals surface area contributed by atoms with E-state index in [0.717, 1.165) is 41.7 Å². The van der Waals surface area contributed by atoms with Crippen LogP contribution in [-0.2, 0) is 0 Å². The quantitative estimate of drug-likeness (QED) is 0.299. The largest absolute Gasteiger partial charge is 0.397 e. The van der Waals surface area contributed by atoms with Crippen LogP contribution < -0.4 is 21.3 Å². The number of hydrogen-bond donors (Lipinski definition) is 3. The van der Waals surface area contributed by atoms with Gasteiger partial charge in [-0.3, -0.25) is 9.99 Å².